The molecule has 1 aromatic heterocycles. The Labute approximate surface area is 155 Å². The molecule has 2 rings (SSSR count). The highest BCUT2D eigenvalue weighted by atomic mass is 35.5. The van der Waals surface area contributed by atoms with Crippen LogP contribution >= 0.6 is 24.8 Å². The minimum atomic E-state index is -0.191. The third-order valence-corrected chi connectivity index (χ3v) is 3.60. The molecule has 0 bridgehead atoms. The zero-order chi connectivity index (χ0) is 15.9. The predicted octanol–water partition coefficient (Wildman–Crippen LogP) is 3.68. The summed E-state index contributed by atoms with van der Waals surface area (Å²) in [5, 5.41) is 2.89. The largest absolute Gasteiger partial charge is 0.467 e. The molecule has 7 heteroatoms. The minimum Gasteiger partial charge on any atom is -0.467 e. The van der Waals surface area contributed by atoms with E-state index in [0.29, 0.717) is 11.3 Å². The van der Waals surface area contributed by atoms with Crippen LogP contribution in [0.5, 0.6) is 0 Å². The molecule has 0 aliphatic heterocycles. The molecule has 134 valence electrons. The first-order chi connectivity index (χ1) is 10.7. The summed E-state index contributed by atoms with van der Waals surface area (Å²) >= 11 is 0. The topological polar surface area (TPSA) is 71.5 Å². The van der Waals surface area contributed by atoms with E-state index in [2.05, 4.69) is 30.1 Å². The Balaban J connectivity index is 0.00000264. The van der Waals surface area contributed by atoms with Gasteiger partial charge in [-0.3, -0.25) is 9.69 Å². The second-order valence-electron chi connectivity index (χ2n) is 5.12. The van der Waals surface area contributed by atoms with Gasteiger partial charge >= 0.3 is 0 Å². The summed E-state index contributed by atoms with van der Waals surface area (Å²) in [6, 6.07) is 9.57. The van der Waals surface area contributed by atoms with Crippen LogP contribution in [0.15, 0.2) is 41.0 Å². The van der Waals surface area contributed by atoms with E-state index < -0.39 is 0 Å². The van der Waals surface area contributed by atoms with Crippen molar-refractivity contribution in [3.8, 4) is 0 Å². The van der Waals surface area contributed by atoms with Crippen LogP contribution in [-0.4, -0.2) is 23.9 Å². The fourth-order valence-electron chi connectivity index (χ4n) is 2.26. The monoisotopic (exact) mass is 373 g/mol. The Morgan fingerprint density at radius 1 is 1.21 bits per heavy atom. The van der Waals surface area contributed by atoms with E-state index in [1.807, 2.05) is 18.2 Å². The maximum absolute atomic E-state index is 12.2. The molecule has 0 saturated carbocycles. The molecule has 0 unspecified atom stereocenters. The van der Waals surface area contributed by atoms with Gasteiger partial charge in [-0.25, -0.2) is 0 Å². The first-order valence-electron chi connectivity index (χ1n) is 7.56. The highest BCUT2D eigenvalue weighted by Crippen LogP contribution is 2.15. The van der Waals surface area contributed by atoms with E-state index in [9.17, 15) is 4.79 Å². The smallest absolute Gasteiger partial charge is 0.258 e. The van der Waals surface area contributed by atoms with Gasteiger partial charge in [-0.05, 0) is 36.9 Å². The van der Waals surface area contributed by atoms with Gasteiger partial charge in [0.2, 0.25) is 0 Å². The average molecular weight is 374 g/mol. The number of anilines is 1. The van der Waals surface area contributed by atoms with E-state index >= 15 is 0 Å². The first-order valence-corrected chi connectivity index (χ1v) is 7.56. The summed E-state index contributed by atoms with van der Waals surface area (Å²) in [7, 11) is 0. The van der Waals surface area contributed by atoms with Gasteiger partial charge < -0.3 is 15.5 Å². The number of benzene rings is 1. The van der Waals surface area contributed by atoms with Crippen LogP contribution in [0.4, 0.5) is 5.69 Å². The van der Waals surface area contributed by atoms with Crippen molar-refractivity contribution >= 4 is 36.4 Å². The summed E-state index contributed by atoms with van der Waals surface area (Å²) in [6.45, 7) is 7.45. The summed E-state index contributed by atoms with van der Waals surface area (Å²) in [4.78, 5) is 14.5. The van der Waals surface area contributed by atoms with E-state index in [-0.39, 0.29) is 37.3 Å². The number of carbonyl (C=O) groups is 1. The molecule has 0 saturated heterocycles. The van der Waals surface area contributed by atoms with Crippen LogP contribution in [0.1, 0.15) is 35.5 Å². The van der Waals surface area contributed by atoms with Crippen molar-refractivity contribution in [2.24, 2.45) is 5.73 Å². The Morgan fingerprint density at radius 3 is 2.50 bits per heavy atom. The summed E-state index contributed by atoms with van der Waals surface area (Å²) in [6.07, 6.45) is 1.43. The number of halogens is 2. The minimum absolute atomic E-state index is 0. The van der Waals surface area contributed by atoms with E-state index in [1.165, 1.54) is 11.8 Å². The lowest BCUT2D eigenvalue weighted by molar-refractivity contribution is 0.102. The number of amides is 1. The molecule has 1 amide bonds. The summed E-state index contributed by atoms with van der Waals surface area (Å²) < 4.78 is 5.19. The third kappa shape index (κ3) is 6.17. The number of nitrogens with zero attached hydrogens (tertiary/aromatic N) is 1. The van der Waals surface area contributed by atoms with Crippen molar-refractivity contribution in [1.82, 2.24) is 4.90 Å². The molecule has 0 fully saturated rings. The van der Waals surface area contributed by atoms with Crippen LogP contribution in [-0.2, 0) is 13.1 Å². The van der Waals surface area contributed by atoms with Gasteiger partial charge in [0.15, 0.2) is 0 Å². The Kier molecular flexibility index (Phi) is 10.4. The van der Waals surface area contributed by atoms with Crippen molar-refractivity contribution in [3.05, 3.63) is 53.5 Å². The second-order valence-corrected chi connectivity index (χ2v) is 5.12. The SMILES string of the molecule is CCN(CC)Cc1cccc(NC(=O)c2coc(CN)c2)c1.Cl.Cl. The van der Waals surface area contributed by atoms with Crippen LogP contribution in [0.25, 0.3) is 0 Å². The lowest BCUT2D eigenvalue weighted by Gasteiger charge is -2.18. The van der Waals surface area contributed by atoms with Crippen molar-refractivity contribution in [3.63, 3.8) is 0 Å². The van der Waals surface area contributed by atoms with Gasteiger partial charge in [0.05, 0.1) is 12.1 Å². The molecule has 1 aromatic carbocycles. The normalized spacial score (nSPS) is 10.0. The van der Waals surface area contributed by atoms with Gasteiger partial charge in [-0.15, -0.1) is 24.8 Å². The van der Waals surface area contributed by atoms with E-state index in [1.54, 1.807) is 6.07 Å². The van der Waals surface area contributed by atoms with Crippen molar-refractivity contribution in [1.29, 1.82) is 0 Å². The number of rotatable bonds is 7. The molecule has 2 aromatic rings. The molecule has 3 N–H and O–H groups in total. The molecule has 1 heterocycles. The fourth-order valence-corrected chi connectivity index (χ4v) is 2.26. The predicted molar refractivity (Wildman–Crippen MR) is 102 cm³/mol. The maximum Gasteiger partial charge on any atom is 0.258 e. The highest BCUT2D eigenvalue weighted by Gasteiger charge is 2.10. The van der Waals surface area contributed by atoms with Gasteiger partial charge in [0.1, 0.15) is 12.0 Å². The van der Waals surface area contributed by atoms with Crippen LogP contribution in [0.2, 0.25) is 0 Å². The fraction of sp³-hybridized carbons (Fsp3) is 0.353. The molecule has 0 radical (unpaired) electrons. The number of nitrogens with two attached hydrogens (primary N) is 1. The van der Waals surface area contributed by atoms with Gasteiger partial charge in [0, 0.05) is 12.2 Å². The van der Waals surface area contributed by atoms with Gasteiger partial charge in [0.25, 0.3) is 5.91 Å². The average Bonchev–Trinajstić information content (AvgIpc) is 3.02. The highest BCUT2D eigenvalue weighted by molar-refractivity contribution is 6.04. The van der Waals surface area contributed by atoms with Gasteiger partial charge in [-0.2, -0.15) is 0 Å². The van der Waals surface area contributed by atoms with Crippen LogP contribution < -0.4 is 11.1 Å². The molecule has 0 atom stereocenters. The zero-order valence-electron chi connectivity index (χ0n) is 14.0. The molecule has 0 aliphatic carbocycles. The number of nitrogens with one attached hydrogen (secondary N) is 1. The Morgan fingerprint density at radius 2 is 1.92 bits per heavy atom. The molecule has 0 spiro atoms. The molecule has 5 nitrogen and oxygen atoms in total. The number of hydrogen-bond acceptors (Lipinski definition) is 4. The van der Waals surface area contributed by atoms with Crippen molar-refractivity contribution < 1.29 is 9.21 Å². The first kappa shape index (κ1) is 22.5. The Hall–Kier alpha value is -1.53. The zero-order valence-corrected chi connectivity index (χ0v) is 15.6. The molecule has 24 heavy (non-hydrogen) atoms. The van der Waals surface area contributed by atoms with Crippen LogP contribution in [0.3, 0.4) is 0 Å². The number of carbonyl (C=O) groups excluding carboxylic acids is 1. The van der Waals surface area contributed by atoms with Crippen molar-refractivity contribution in [2.75, 3.05) is 18.4 Å². The summed E-state index contributed by atoms with van der Waals surface area (Å²) in [5.74, 6) is 0.406. The summed E-state index contributed by atoms with van der Waals surface area (Å²) in [5.41, 5.74) is 7.92. The number of hydrogen-bond donors (Lipinski definition) is 2. The second kappa shape index (κ2) is 11.1. The molecular weight excluding hydrogens is 349 g/mol. The quantitative estimate of drug-likeness (QED) is 0.776. The molecular formula is C17H25Cl2N3O2. The Bertz CT molecular complexity index is 628. The lowest BCUT2D eigenvalue weighted by atomic mass is 10.1. The van der Waals surface area contributed by atoms with Gasteiger partial charge in [-0.1, -0.05) is 26.0 Å². The van der Waals surface area contributed by atoms with E-state index in [4.69, 9.17) is 10.2 Å². The van der Waals surface area contributed by atoms with Crippen LogP contribution in [0, 0.1) is 0 Å². The third-order valence-electron chi connectivity index (χ3n) is 3.60. The molecule has 0 aliphatic rings. The lowest BCUT2D eigenvalue weighted by Crippen LogP contribution is -2.22. The maximum atomic E-state index is 12.2. The van der Waals surface area contributed by atoms with E-state index in [0.717, 1.165) is 25.3 Å². The number of furan rings is 1. The van der Waals surface area contributed by atoms with Crippen molar-refractivity contribution in [2.45, 2.75) is 26.9 Å². The standard InChI is InChI=1S/C17H23N3O2.2ClH/c1-3-20(4-2)11-13-6-5-7-15(8-13)19-17(21)14-9-16(10-18)22-12-14;;/h5-9,12H,3-4,10-11,18H2,1-2H3,(H,19,21);2*1H.